The van der Waals surface area contributed by atoms with Gasteiger partial charge < -0.3 is 10.2 Å². The topological polar surface area (TPSA) is 28.2 Å². The van der Waals surface area contributed by atoms with Crippen LogP contribution in [-0.2, 0) is 13.0 Å². The van der Waals surface area contributed by atoms with Crippen molar-refractivity contribution >= 4 is 17.6 Å². The summed E-state index contributed by atoms with van der Waals surface area (Å²) in [5, 5.41) is 3.24. The Bertz CT molecular complexity index is 371. The molecule has 0 aromatic carbocycles. The minimum Gasteiger partial charge on any atom is -0.356 e. The molecule has 0 fully saturated rings. The monoisotopic (exact) mass is 295 g/mol. The number of aromatic nitrogens is 1. The molecule has 1 rings (SSSR count). The summed E-state index contributed by atoms with van der Waals surface area (Å²) in [7, 11) is 4.16. The third kappa shape index (κ3) is 4.98. The van der Waals surface area contributed by atoms with Crippen molar-refractivity contribution < 1.29 is 0 Å². The van der Waals surface area contributed by atoms with Crippen LogP contribution in [0.2, 0.25) is 0 Å². The lowest BCUT2D eigenvalue weighted by Crippen LogP contribution is -2.34. The first-order valence-corrected chi connectivity index (χ1v) is 8.91. The lowest BCUT2D eigenvalue weighted by molar-refractivity contribution is 0.662. The van der Waals surface area contributed by atoms with E-state index in [1.165, 1.54) is 11.3 Å². The summed E-state index contributed by atoms with van der Waals surface area (Å²) in [5.41, 5.74) is 2.54. The Kier molecular flexibility index (Phi) is 8.00. The molecule has 0 bridgehead atoms. The van der Waals surface area contributed by atoms with Crippen molar-refractivity contribution in [2.24, 2.45) is 0 Å². The fourth-order valence-electron chi connectivity index (χ4n) is 2.39. The van der Waals surface area contributed by atoms with Crippen molar-refractivity contribution in [2.75, 3.05) is 31.0 Å². The van der Waals surface area contributed by atoms with Crippen molar-refractivity contribution in [3.63, 3.8) is 0 Å². The molecular formula is C16H29N3S. The van der Waals surface area contributed by atoms with Gasteiger partial charge in [-0.05, 0) is 43.8 Å². The van der Waals surface area contributed by atoms with Crippen molar-refractivity contribution in [3.8, 4) is 0 Å². The van der Waals surface area contributed by atoms with Gasteiger partial charge in [0.05, 0.1) is 0 Å². The molecule has 4 heteroatoms. The van der Waals surface area contributed by atoms with Crippen LogP contribution in [0.4, 0.5) is 5.82 Å². The highest BCUT2D eigenvalue weighted by Crippen LogP contribution is 2.20. The van der Waals surface area contributed by atoms with Crippen LogP contribution >= 0.6 is 11.8 Å². The summed E-state index contributed by atoms with van der Waals surface area (Å²) < 4.78 is 0. The van der Waals surface area contributed by atoms with Crippen molar-refractivity contribution in [3.05, 3.63) is 23.4 Å². The smallest absolute Gasteiger partial charge is 0.129 e. The number of rotatable bonds is 9. The molecule has 3 nitrogen and oxygen atoms in total. The van der Waals surface area contributed by atoms with Crippen LogP contribution < -0.4 is 10.2 Å². The minimum absolute atomic E-state index is 0.553. The summed E-state index contributed by atoms with van der Waals surface area (Å²) in [6, 6.07) is 5.00. The van der Waals surface area contributed by atoms with E-state index in [4.69, 9.17) is 4.98 Å². The first kappa shape index (κ1) is 17.3. The predicted molar refractivity (Wildman–Crippen MR) is 91.9 cm³/mol. The molecule has 0 amide bonds. The third-order valence-corrected chi connectivity index (χ3v) is 4.27. The molecule has 1 aromatic heterocycles. The summed E-state index contributed by atoms with van der Waals surface area (Å²) in [6.45, 7) is 5.36. The zero-order chi connectivity index (χ0) is 15.0. The highest BCUT2D eigenvalue weighted by Gasteiger charge is 2.15. The van der Waals surface area contributed by atoms with E-state index in [9.17, 15) is 0 Å². The average molecular weight is 295 g/mol. The summed E-state index contributed by atoms with van der Waals surface area (Å²) >= 11 is 1.90. The maximum absolute atomic E-state index is 4.85. The molecular weight excluding hydrogens is 266 g/mol. The molecule has 1 aromatic rings. The Morgan fingerprint density at radius 2 is 2.10 bits per heavy atom. The molecule has 114 valence electrons. The van der Waals surface area contributed by atoms with E-state index in [2.05, 4.69) is 49.5 Å². The third-order valence-electron chi connectivity index (χ3n) is 3.55. The first-order chi connectivity index (χ1) is 9.65. The molecule has 0 saturated carbocycles. The van der Waals surface area contributed by atoms with E-state index in [1.807, 2.05) is 18.8 Å². The minimum atomic E-state index is 0.553. The molecule has 1 N–H and O–H groups in total. The Morgan fingerprint density at radius 1 is 1.35 bits per heavy atom. The molecule has 0 radical (unpaired) electrons. The van der Waals surface area contributed by atoms with E-state index < -0.39 is 0 Å². The molecule has 1 unspecified atom stereocenters. The van der Waals surface area contributed by atoms with E-state index in [0.29, 0.717) is 6.04 Å². The van der Waals surface area contributed by atoms with Crippen LogP contribution in [0.25, 0.3) is 0 Å². The van der Waals surface area contributed by atoms with Crippen molar-refractivity contribution in [1.82, 2.24) is 10.3 Å². The maximum atomic E-state index is 4.85. The highest BCUT2D eigenvalue weighted by atomic mass is 32.2. The largest absolute Gasteiger partial charge is 0.356 e. The molecule has 1 heterocycles. The number of pyridine rings is 1. The fraction of sp³-hybridized carbons (Fsp3) is 0.688. The quantitative estimate of drug-likeness (QED) is 0.756. The Hall–Kier alpha value is -0.740. The zero-order valence-electron chi connectivity index (χ0n) is 13.6. The Morgan fingerprint density at radius 3 is 2.65 bits per heavy atom. The lowest BCUT2D eigenvalue weighted by Gasteiger charge is -2.28. The SMILES string of the molecule is CCCc1cc(CNC)cc(N(C)C(CC)CSC)n1. The van der Waals surface area contributed by atoms with Crippen LogP contribution in [0.5, 0.6) is 0 Å². The van der Waals surface area contributed by atoms with Gasteiger partial charge in [0, 0.05) is 31.1 Å². The van der Waals surface area contributed by atoms with Crippen molar-refractivity contribution in [1.29, 1.82) is 0 Å². The standard InChI is InChI=1S/C16H29N3S/c1-6-8-14-9-13(11-17-3)10-16(18-14)19(4)15(7-2)12-20-5/h9-10,15,17H,6-8,11-12H2,1-5H3. The van der Waals surface area contributed by atoms with Gasteiger partial charge in [-0.2, -0.15) is 11.8 Å². The van der Waals surface area contributed by atoms with E-state index in [-0.39, 0.29) is 0 Å². The fourth-order valence-corrected chi connectivity index (χ4v) is 3.23. The normalized spacial score (nSPS) is 12.4. The summed E-state index contributed by atoms with van der Waals surface area (Å²) in [5.74, 6) is 2.26. The number of thioether (sulfide) groups is 1. The van der Waals surface area contributed by atoms with Gasteiger partial charge in [0.1, 0.15) is 5.82 Å². The predicted octanol–water partition coefficient (Wildman–Crippen LogP) is 3.33. The molecule has 0 spiro atoms. The summed E-state index contributed by atoms with van der Waals surface area (Å²) in [4.78, 5) is 7.19. The molecule has 0 aliphatic heterocycles. The van der Waals surface area contributed by atoms with E-state index in [0.717, 1.165) is 37.4 Å². The molecule has 0 aliphatic carbocycles. The van der Waals surface area contributed by atoms with Crippen LogP contribution in [0.15, 0.2) is 12.1 Å². The van der Waals surface area contributed by atoms with Crippen LogP contribution in [0.1, 0.15) is 37.9 Å². The van der Waals surface area contributed by atoms with Gasteiger partial charge in [-0.1, -0.05) is 20.3 Å². The molecule has 1 atom stereocenters. The second-order valence-corrected chi connectivity index (χ2v) is 6.14. The van der Waals surface area contributed by atoms with Gasteiger partial charge >= 0.3 is 0 Å². The highest BCUT2D eigenvalue weighted by molar-refractivity contribution is 7.98. The van der Waals surface area contributed by atoms with Gasteiger partial charge in [-0.15, -0.1) is 0 Å². The van der Waals surface area contributed by atoms with Gasteiger partial charge in [0.25, 0.3) is 0 Å². The lowest BCUT2D eigenvalue weighted by atomic mass is 10.1. The average Bonchev–Trinajstić information content (AvgIpc) is 2.44. The van der Waals surface area contributed by atoms with Crippen molar-refractivity contribution in [2.45, 2.75) is 45.7 Å². The number of anilines is 1. The first-order valence-electron chi connectivity index (χ1n) is 7.52. The van der Waals surface area contributed by atoms with E-state index >= 15 is 0 Å². The van der Waals surface area contributed by atoms with Crippen LogP contribution in [0, 0.1) is 0 Å². The van der Waals surface area contributed by atoms with Gasteiger partial charge in [0.15, 0.2) is 0 Å². The number of nitrogens with one attached hydrogen (secondary N) is 1. The Labute approximate surface area is 128 Å². The molecule has 0 saturated heterocycles. The van der Waals surface area contributed by atoms with Crippen LogP contribution in [0.3, 0.4) is 0 Å². The summed E-state index contributed by atoms with van der Waals surface area (Å²) in [6.07, 6.45) is 5.52. The number of aryl methyl sites for hydroxylation is 1. The zero-order valence-corrected chi connectivity index (χ0v) is 14.4. The van der Waals surface area contributed by atoms with Gasteiger partial charge in [-0.25, -0.2) is 4.98 Å². The van der Waals surface area contributed by atoms with Gasteiger partial charge in [-0.3, -0.25) is 0 Å². The number of hydrogen-bond acceptors (Lipinski definition) is 4. The van der Waals surface area contributed by atoms with E-state index in [1.54, 1.807) is 0 Å². The molecule has 20 heavy (non-hydrogen) atoms. The maximum Gasteiger partial charge on any atom is 0.129 e. The Balaban J connectivity index is 3.01. The number of hydrogen-bond donors (Lipinski definition) is 1. The number of nitrogens with zero attached hydrogens (tertiary/aromatic N) is 2. The second kappa shape index (κ2) is 9.24. The van der Waals surface area contributed by atoms with Crippen LogP contribution in [-0.4, -0.2) is 37.1 Å². The van der Waals surface area contributed by atoms with Gasteiger partial charge in [0.2, 0.25) is 0 Å². The second-order valence-electron chi connectivity index (χ2n) is 5.23. The molecule has 0 aliphatic rings.